The van der Waals surface area contributed by atoms with E-state index in [2.05, 4.69) is 5.32 Å². The molecule has 0 saturated carbocycles. The lowest BCUT2D eigenvalue weighted by molar-refractivity contribution is -0.139. The maximum absolute atomic E-state index is 12.2. The molecule has 1 amide bonds. The van der Waals surface area contributed by atoms with E-state index in [1.807, 2.05) is 44.2 Å². The van der Waals surface area contributed by atoms with E-state index in [0.717, 1.165) is 10.8 Å². The van der Waals surface area contributed by atoms with Crippen molar-refractivity contribution < 1.29 is 14.7 Å². The monoisotopic (exact) mass is 285 g/mol. The van der Waals surface area contributed by atoms with Crippen molar-refractivity contribution in [3.05, 3.63) is 48.0 Å². The van der Waals surface area contributed by atoms with Crippen LogP contribution in [0.2, 0.25) is 0 Å². The summed E-state index contributed by atoms with van der Waals surface area (Å²) >= 11 is 0. The van der Waals surface area contributed by atoms with Gasteiger partial charge in [-0.3, -0.25) is 4.79 Å². The summed E-state index contributed by atoms with van der Waals surface area (Å²) in [6.07, 6.45) is 0.411. The van der Waals surface area contributed by atoms with Crippen LogP contribution < -0.4 is 5.32 Å². The molecule has 0 radical (unpaired) electrons. The quantitative estimate of drug-likeness (QED) is 0.887. The van der Waals surface area contributed by atoms with Crippen LogP contribution in [0.4, 0.5) is 0 Å². The van der Waals surface area contributed by atoms with Crippen molar-refractivity contribution in [3.63, 3.8) is 0 Å². The molecule has 21 heavy (non-hydrogen) atoms. The number of carbonyl (C=O) groups excluding carboxylic acids is 1. The SMILES string of the molecule is CC(C)C[C@H](NC(=O)c1ccc2ccccc2c1)C(=O)O. The average Bonchev–Trinajstić information content (AvgIpc) is 2.45. The van der Waals surface area contributed by atoms with E-state index in [-0.39, 0.29) is 11.8 Å². The second kappa shape index (κ2) is 6.39. The molecule has 0 unspecified atom stereocenters. The summed E-state index contributed by atoms with van der Waals surface area (Å²) in [6.45, 7) is 3.86. The molecule has 1 atom stereocenters. The number of hydrogen-bond acceptors (Lipinski definition) is 2. The smallest absolute Gasteiger partial charge is 0.326 e. The van der Waals surface area contributed by atoms with Crippen LogP contribution in [0, 0.1) is 5.92 Å². The van der Waals surface area contributed by atoms with E-state index >= 15 is 0 Å². The zero-order valence-corrected chi connectivity index (χ0v) is 12.2. The van der Waals surface area contributed by atoms with Gasteiger partial charge in [-0.2, -0.15) is 0 Å². The molecule has 0 aliphatic rings. The summed E-state index contributed by atoms with van der Waals surface area (Å²) in [7, 11) is 0. The molecule has 110 valence electrons. The van der Waals surface area contributed by atoms with E-state index < -0.39 is 12.0 Å². The third-order valence-corrected chi connectivity index (χ3v) is 3.32. The van der Waals surface area contributed by atoms with Crippen molar-refractivity contribution in [1.29, 1.82) is 0 Å². The standard InChI is InChI=1S/C17H19NO3/c1-11(2)9-15(17(20)21)18-16(19)14-8-7-12-5-3-4-6-13(12)10-14/h3-8,10-11,15H,9H2,1-2H3,(H,18,19)(H,20,21)/t15-/m0/s1. The predicted molar refractivity (Wildman–Crippen MR) is 82.3 cm³/mol. The zero-order chi connectivity index (χ0) is 15.4. The maximum Gasteiger partial charge on any atom is 0.326 e. The molecule has 0 saturated heterocycles. The Morgan fingerprint density at radius 2 is 1.76 bits per heavy atom. The topological polar surface area (TPSA) is 66.4 Å². The van der Waals surface area contributed by atoms with E-state index in [4.69, 9.17) is 0 Å². The second-order valence-corrected chi connectivity index (χ2v) is 5.56. The lowest BCUT2D eigenvalue weighted by Crippen LogP contribution is -2.41. The normalized spacial score (nSPS) is 12.3. The van der Waals surface area contributed by atoms with Gasteiger partial charge in [0.2, 0.25) is 0 Å². The molecule has 2 aromatic carbocycles. The first-order valence-corrected chi connectivity index (χ1v) is 7.00. The molecular formula is C17H19NO3. The number of nitrogens with one attached hydrogen (secondary N) is 1. The van der Waals surface area contributed by atoms with Crippen LogP contribution >= 0.6 is 0 Å². The number of carboxylic acid groups (broad SMARTS) is 1. The van der Waals surface area contributed by atoms with Gasteiger partial charge in [-0.15, -0.1) is 0 Å². The summed E-state index contributed by atoms with van der Waals surface area (Å²) in [5, 5.41) is 13.8. The van der Waals surface area contributed by atoms with Crippen LogP contribution in [0.25, 0.3) is 10.8 Å². The minimum Gasteiger partial charge on any atom is -0.480 e. The highest BCUT2D eigenvalue weighted by atomic mass is 16.4. The van der Waals surface area contributed by atoms with E-state index in [1.165, 1.54) is 0 Å². The molecule has 0 aromatic heterocycles. The van der Waals surface area contributed by atoms with E-state index in [1.54, 1.807) is 12.1 Å². The third-order valence-electron chi connectivity index (χ3n) is 3.32. The lowest BCUT2D eigenvalue weighted by Gasteiger charge is -2.16. The van der Waals surface area contributed by atoms with Gasteiger partial charge in [-0.05, 0) is 35.2 Å². The first-order chi connectivity index (χ1) is 9.97. The van der Waals surface area contributed by atoms with Crippen LogP contribution in [-0.2, 0) is 4.79 Å². The van der Waals surface area contributed by atoms with Crippen molar-refractivity contribution >= 4 is 22.6 Å². The predicted octanol–water partition coefficient (Wildman–Crippen LogP) is 3.07. The molecule has 2 aromatic rings. The Morgan fingerprint density at radius 3 is 2.38 bits per heavy atom. The summed E-state index contributed by atoms with van der Waals surface area (Å²) in [5.41, 5.74) is 0.476. The highest BCUT2D eigenvalue weighted by Crippen LogP contribution is 2.16. The number of hydrogen-bond donors (Lipinski definition) is 2. The van der Waals surface area contributed by atoms with Crippen molar-refractivity contribution in [3.8, 4) is 0 Å². The van der Waals surface area contributed by atoms with Crippen LogP contribution in [0.3, 0.4) is 0 Å². The zero-order valence-electron chi connectivity index (χ0n) is 12.2. The molecule has 4 heteroatoms. The molecule has 0 fully saturated rings. The Morgan fingerprint density at radius 1 is 1.10 bits per heavy atom. The Hall–Kier alpha value is -2.36. The van der Waals surface area contributed by atoms with Crippen molar-refractivity contribution in [2.75, 3.05) is 0 Å². The van der Waals surface area contributed by atoms with Gasteiger partial charge in [0, 0.05) is 5.56 Å². The largest absolute Gasteiger partial charge is 0.480 e. The maximum atomic E-state index is 12.2. The van der Waals surface area contributed by atoms with Gasteiger partial charge in [0.15, 0.2) is 0 Å². The Kier molecular flexibility index (Phi) is 4.58. The molecule has 0 spiro atoms. The Balaban J connectivity index is 2.19. The van der Waals surface area contributed by atoms with Crippen LogP contribution in [0.5, 0.6) is 0 Å². The summed E-state index contributed by atoms with van der Waals surface area (Å²) < 4.78 is 0. The number of carbonyl (C=O) groups is 2. The number of rotatable bonds is 5. The number of carboxylic acids is 1. The first kappa shape index (κ1) is 15.0. The first-order valence-electron chi connectivity index (χ1n) is 7.00. The molecule has 4 nitrogen and oxygen atoms in total. The average molecular weight is 285 g/mol. The van der Waals surface area contributed by atoms with E-state index in [9.17, 15) is 14.7 Å². The van der Waals surface area contributed by atoms with Gasteiger partial charge in [0.25, 0.3) is 5.91 Å². The van der Waals surface area contributed by atoms with Gasteiger partial charge in [-0.25, -0.2) is 4.79 Å². The summed E-state index contributed by atoms with van der Waals surface area (Å²) in [6, 6.07) is 12.2. The summed E-state index contributed by atoms with van der Waals surface area (Å²) in [4.78, 5) is 23.4. The van der Waals surface area contributed by atoms with Crippen molar-refractivity contribution in [1.82, 2.24) is 5.32 Å². The summed E-state index contributed by atoms with van der Waals surface area (Å²) in [5.74, 6) is -1.16. The van der Waals surface area contributed by atoms with Gasteiger partial charge in [0.1, 0.15) is 6.04 Å². The highest BCUT2D eigenvalue weighted by molar-refractivity contribution is 6.00. The Labute approximate surface area is 123 Å². The van der Waals surface area contributed by atoms with Crippen LogP contribution in [0.1, 0.15) is 30.6 Å². The second-order valence-electron chi connectivity index (χ2n) is 5.56. The molecule has 2 N–H and O–H groups in total. The van der Waals surface area contributed by atoms with Gasteiger partial charge in [0.05, 0.1) is 0 Å². The lowest BCUT2D eigenvalue weighted by atomic mass is 10.0. The fraction of sp³-hybridized carbons (Fsp3) is 0.294. The van der Waals surface area contributed by atoms with Crippen LogP contribution in [0.15, 0.2) is 42.5 Å². The molecular weight excluding hydrogens is 266 g/mol. The number of fused-ring (bicyclic) bond motifs is 1. The molecule has 2 rings (SSSR count). The number of benzene rings is 2. The van der Waals surface area contributed by atoms with Crippen LogP contribution in [-0.4, -0.2) is 23.0 Å². The molecule has 0 bridgehead atoms. The van der Waals surface area contributed by atoms with Gasteiger partial charge < -0.3 is 10.4 Å². The number of aliphatic carboxylic acids is 1. The fourth-order valence-corrected chi connectivity index (χ4v) is 2.27. The number of amides is 1. The van der Waals surface area contributed by atoms with Gasteiger partial charge >= 0.3 is 5.97 Å². The van der Waals surface area contributed by atoms with Crippen molar-refractivity contribution in [2.45, 2.75) is 26.3 Å². The minimum atomic E-state index is -1.00. The molecule has 0 heterocycles. The fourth-order valence-electron chi connectivity index (χ4n) is 2.27. The Bertz CT molecular complexity index is 664. The van der Waals surface area contributed by atoms with Gasteiger partial charge in [-0.1, -0.05) is 44.2 Å². The third kappa shape index (κ3) is 3.81. The minimum absolute atomic E-state index is 0.197. The van der Waals surface area contributed by atoms with E-state index in [0.29, 0.717) is 12.0 Å². The highest BCUT2D eigenvalue weighted by Gasteiger charge is 2.21. The molecule has 0 aliphatic carbocycles. The van der Waals surface area contributed by atoms with Crippen molar-refractivity contribution in [2.24, 2.45) is 5.92 Å². The molecule has 0 aliphatic heterocycles.